The van der Waals surface area contributed by atoms with Crippen molar-refractivity contribution in [2.45, 2.75) is 25.5 Å². The largest absolute Gasteiger partial charge is 0.376 e. The zero-order chi connectivity index (χ0) is 10.8. The van der Waals surface area contributed by atoms with E-state index in [1.165, 1.54) is 0 Å². The van der Waals surface area contributed by atoms with Crippen LogP contribution in [0.4, 0.5) is 5.82 Å². The zero-order valence-electron chi connectivity index (χ0n) is 8.07. The number of halogens is 2. The Morgan fingerprint density at radius 2 is 2.20 bits per heavy atom. The summed E-state index contributed by atoms with van der Waals surface area (Å²) in [6, 6.07) is 0.190. The Morgan fingerprint density at radius 3 is 2.87 bits per heavy atom. The average Bonchev–Trinajstić information content (AvgIpc) is 2.58. The van der Waals surface area contributed by atoms with E-state index >= 15 is 0 Å². The van der Waals surface area contributed by atoms with Gasteiger partial charge < -0.3 is 10.1 Å². The maximum atomic E-state index is 5.82. The highest BCUT2D eigenvalue weighted by Crippen LogP contribution is 2.22. The summed E-state index contributed by atoms with van der Waals surface area (Å²) in [6.07, 6.45) is 1.05. The number of hydrogen-bond donors (Lipinski definition) is 1. The molecule has 7 heteroatoms. The van der Waals surface area contributed by atoms with Gasteiger partial charge in [0.15, 0.2) is 11.0 Å². The van der Waals surface area contributed by atoms with Crippen LogP contribution in [0.1, 0.15) is 13.3 Å². The first-order valence-corrected chi connectivity index (χ1v) is 5.36. The number of nitrogens with zero attached hydrogens (tertiary/aromatic N) is 3. The molecule has 2 heterocycles. The van der Waals surface area contributed by atoms with Gasteiger partial charge in [-0.05, 0) is 24.9 Å². The maximum Gasteiger partial charge on any atom is 0.245 e. The number of anilines is 1. The first-order chi connectivity index (χ1) is 7.16. The van der Waals surface area contributed by atoms with Crippen LogP contribution in [0, 0.1) is 0 Å². The lowest BCUT2D eigenvalue weighted by Crippen LogP contribution is -2.27. The molecule has 15 heavy (non-hydrogen) atoms. The molecule has 82 valence electrons. The Labute approximate surface area is 97.1 Å². The summed E-state index contributed by atoms with van der Waals surface area (Å²) in [5.74, 6) is 0.457. The number of nitrogens with one attached hydrogen (secondary N) is 1. The van der Waals surface area contributed by atoms with E-state index in [4.69, 9.17) is 27.9 Å². The molecule has 1 aromatic rings. The van der Waals surface area contributed by atoms with Gasteiger partial charge in [-0.25, -0.2) is 0 Å². The van der Waals surface area contributed by atoms with Crippen molar-refractivity contribution in [2.24, 2.45) is 0 Å². The van der Waals surface area contributed by atoms with Crippen LogP contribution in [-0.2, 0) is 4.74 Å². The number of aromatic nitrogens is 3. The van der Waals surface area contributed by atoms with Crippen LogP contribution in [0.3, 0.4) is 0 Å². The van der Waals surface area contributed by atoms with Gasteiger partial charge in [0, 0.05) is 6.61 Å². The molecule has 5 nitrogen and oxygen atoms in total. The Balaban J connectivity index is 2.12. The summed E-state index contributed by atoms with van der Waals surface area (Å²) >= 11 is 11.4. The molecule has 0 saturated carbocycles. The lowest BCUT2D eigenvalue weighted by atomic mass is 10.1. The highest BCUT2D eigenvalue weighted by atomic mass is 35.5. The van der Waals surface area contributed by atoms with Crippen molar-refractivity contribution in [3.8, 4) is 0 Å². The van der Waals surface area contributed by atoms with E-state index in [2.05, 4.69) is 20.5 Å². The fourth-order valence-corrected chi connectivity index (χ4v) is 1.74. The molecular weight excluding hydrogens is 239 g/mol. The molecule has 2 atom stereocenters. The van der Waals surface area contributed by atoms with Crippen LogP contribution in [0.25, 0.3) is 0 Å². The number of ether oxygens (including phenoxy) is 1. The van der Waals surface area contributed by atoms with Crippen molar-refractivity contribution >= 4 is 29.0 Å². The summed E-state index contributed by atoms with van der Waals surface area (Å²) in [6.45, 7) is 2.73. The van der Waals surface area contributed by atoms with Gasteiger partial charge in [-0.1, -0.05) is 11.6 Å². The Bertz CT molecular complexity index is 362. The van der Waals surface area contributed by atoms with Crippen molar-refractivity contribution in [3.05, 3.63) is 10.4 Å². The third-order valence-electron chi connectivity index (χ3n) is 2.32. The predicted molar refractivity (Wildman–Crippen MR) is 57.3 cm³/mol. The van der Waals surface area contributed by atoms with Crippen molar-refractivity contribution < 1.29 is 4.74 Å². The summed E-state index contributed by atoms with van der Waals surface area (Å²) in [5.41, 5.74) is 0. The fourth-order valence-electron chi connectivity index (χ4n) is 1.48. The molecule has 1 N–H and O–H groups in total. The summed E-state index contributed by atoms with van der Waals surface area (Å²) in [7, 11) is 0. The second-order valence-electron chi connectivity index (χ2n) is 3.34. The third-order valence-corrected chi connectivity index (χ3v) is 2.73. The highest BCUT2D eigenvalue weighted by molar-refractivity contribution is 6.32. The van der Waals surface area contributed by atoms with Gasteiger partial charge in [-0.3, -0.25) is 0 Å². The first-order valence-electron chi connectivity index (χ1n) is 4.60. The topological polar surface area (TPSA) is 59.9 Å². The average molecular weight is 249 g/mol. The van der Waals surface area contributed by atoms with Crippen LogP contribution >= 0.6 is 23.2 Å². The molecule has 0 aromatic carbocycles. The number of hydrogen-bond acceptors (Lipinski definition) is 5. The lowest BCUT2D eigenvalue weighted by molar-refractivity contribution is 0.121. The fraction of sp³-hybridized carbons (Fsp3) is 0.625. The van der Waals surface area contributed by atoms with Gasteiger partial charge in [0.2, 0.25) is 5.28 Å². The third kappa shape index (κ3) is 2.48. The van der Waals surface area contributed by atoms with E-state index in [9.17, 15) is 0 Å². The minimum absolute atomic E-state index is 0.0773. The molecule has 2 unspecified atom stereocenters. The molecule has 0 amide bonds. The molecule has 1 fully saturated rings. The van der Waals surface area contributed by atoms with Crippen LogP contribution in [0.15, 0.2) is 0 Å². The molecule has 2 rings (SSSR count). The van der Waals surface area contributed by atoms with Crippen molar-refractivity contribution in [2.75, 3.05) is 11.9 Å². The molecule has 1 aliphatic heterocycles. The van der Waals surface area contributed by atoms with E-state index in [1.807, 2.05) is 6.92 Å². The second kappa shape index (κ2) is 4.47. The molecule has 0 aliphatic carbocycles. The minimum atomic E-state index is 0.0773. The van der Waals surface area contributed by atoms with Crippen LogP contribution in [-0.4, -0.2) is 33.9 Å². The monoisotopic (exact) mass is 248 g/mol. The first kappa shape index (κ1) is 10.9. The molecule has 0 spiro atoms. The Morgan fingerprint density at radius 1 is 1.40 bits per heavy atom. The molecule has 1 aliphatic rings. The van der Waals surface area contributed by atoms with Crippen molar-refractivity contribution in [1.82, 2.24) is 15.2 Å². The van der Waals surface area contributed by atoms with Gasteiger partial charge >= 0.3 is 0 Å². The molecule has 1 aromatic heterocycles. The summed E-state index contributed by atoms with van der Waals surface area (Å²) in [5, 5.41) is 10.6. The van der Waals surface area contributed by atoms with E-state index in [0.717, 1.165) is 13.0 Å². The van der Waals surface area contributed by atoms with Gasteiger partial charge in [0.25, 0.3) is 0 Å². The van der Waals surface area contributed by atoms with Gasteiger partial charge in [-0.15, -0.1) is 10.2 Å². The smallest absolute Gasteiger partial charge is 0.245 e. The van der Waals surface area contributed by atoms with Gasteiger partial charge in [-0.2, -0.15) is 4.98 Å². The van der Waals surface area contributed by atoms with E-state index in [0.29, 0.717) is 5.82 Å². The second-order valence-corrected chi connectivity index (χ2v) is 4.03. The van der Waals surface area contributed by atoms with E-state index < -0.39 is 0 Å². The summed E-state index contributed by atoms with van der Waals surface area (Å²) < 4.78 is 5.41. The highest BCUT2D eigenvalue weighted by Gasteiger charge is 2.25. The normalized spacial score (nSPS) is 25.5. The standard InChI is InChI=1S/C8H10Cl2N4O/c1-4-5(2-3-15-4)11-7-6(9)13-14-8(10)12-7/h4-5H,2-3H2,1H3,(H,11,12,14). The van der Waals surface area contributed by atoms with Gasteiger partial charge in [0.1, 0.15) is 0 Å². The van der Waals surface area contributed by atoms with Crippen molar-refractivity contribution in [1.29, 1.82) is 0 Å². The van der Waals surface area contributed by atoms with E-state index in [1.54, 1.807) is 0 Å². The predicted octanol–water partition coefficient (Wildman–Crippen LogP) is 1.77. The molecule has 0 bridgehead atoms. The molecule has 0 radical (unpaired) electrons. The van der Waals surface area contributed by atoms with Crippen LogP contribution in [0.2, 0.25) is 10.4 Å². The number of rotatable bonds is 2. The SMILES string of the molecule is CC1OCCC1Nc1nc(Cl)nnc1Cl. The quantitative estimate of drug-likeness (QED) is 0.865. The molecular formula is C8H10Cl2N4O. The zero-order valence-corrected chi connectivity index (χ0v) is 9.59. The van der Waals surface area contributed by atoms with Crippen LogP contribution < -0.4 is 5.32 Å². The molecule has 1 saturated heterocycles. The minimum Gasteiger partial charge on any atom is -0.376 e. The Hall–Kier alpha value is -0.650. The van der Waals surface area contributed by atoms with Crippen molar-refractivity contribution in [3.63, 3.8) is 0 Å². The maximum absolute atomic E-state index is 5.82. The Kier molecular flexibility index (Phi) is 3.23. The lowest BCUT2D eigenvalue weighted by Gasteiger charge is -2.16. The van der Waals surface area contributed by atoms with Gasteiger partial charge in [0.05, 0.1) is 12.1 Å². The van der Waals surface area contributed by atoms with E-state index in [-0.39, 0.29) is 22.6 Å². The summed E-state index contributed by atoms with van der Waals surface area (Å²) in [4.78, 5) is 3.96. The van der Waals surface area contributed by atoms with Crippen LogP contribution in [0.5, 0.6) is 0 Å².